The third-order valence-electron chi connectivity index (χ3n) is 3.16. The SMILES string of the molecule is C[C@H](NCc1cccc(C(=O)O)c1)c1ccc(F)cc1. The quantitative estimate of drug-likeness (QED) is 0.878. The van der Waals surface area contributed by atoms with Crippen LogP contribution < -0.4 is 5.32 Å². The van der Waals surface area contributed by atoms with Crippen molar-refractivity contribution in [2.45, 2.75) is 19.5 Å². The summed E-state index contributed by atoms with van der Waals surface area (Å²) in [6.07, 6.45) is 0. The van der Waals surface area contributed by atoms with E-state index in [0.717, 1.165) is 11.1 Å². The molecule has 0 aliphatic rings. The van der Waals surface area contributed by atoms with E-state index in [1.165, 1.54) is 12.1 Å². The van der Waals surface area contributed by atoms with Gasteiger partial charge in [0, 0.05) is 12.6 Å². The van der Waals surface area contributed by atoms with Crippen LogP contribution in [0.25, 0.3) is 0 Å². The maximum absolute atomic E-state index is 12.8. The minimum Gasteiger partial charge on any atom is -0.478 e. The van der Waals surface area contributed by atoms with Gasteiger partial charge in [0.05, 0.1) is 5.56 Å². The first-order valence-electron chi connectivity index (χ1n) is 6.37. The van der Waals surface area contributed by atoms with Crippen LogP contribution in [0.15, 0.2) is 48.5 Å². The molecule has 0 aliphatic heterocycles. The third-order valence-corrected chi connectivity index (χ3v) is 3.16. The summed E-state index contributed by atoms with van der Waals surface area (Å²) >= 11 is 0. The Hall–Kier alpha value is -2.20. The molecule has 0 amide bonds. The molecule has 1 atom stereocenters. The topological polar surface area (TPSA) is 49.3 Å². The molecular formula is C16H16FNO2. The number of halogens is 1. The lowest BCUT2D eigenvalue weighted by Gasteiger charge is -2.14. The molecule has 0 spiro atoms. The molecule has 0 saturated carbocycles. The van der Waals surface area contributed by atoms with Gasteiger partial charge in [0.25, 0.3) is 0 Å². The number of nitrogens with one attached hydrogen (secondary N) is 1. The molecule has 2 rings (SSSR count). The molecule has 104 valence electrons. The summed E-state index contributed by atoms with van der Waals surface area (Å²) in [6, 6.07) is 13.2. The molecule has 0 radical (unpaired) electrons. The Labute approximate surface area is 117 Å². The van der Waals surface area contributed by atoms with E-state index in [-0.39, 0.29) is 17.4 Å². The summed E-state index contributed by atoms with van der Waals surface area (Å²) in [5.74, 6) is -1.19. The lowest BCUT2D eigenvalue weighted by molar-refractivity contribution is 0.0696. The molecule has 0 saturated heterocycles. The molecule has 2 aromatic rings. The maximum atomic E-state index is 12.8. The second kappa shape index (κ2) is 6.30. The summed E-state index contributed by atoms with van der Waals surface area (Å²) < 4.78 is 12.8. The van der Waals surface area contributed by atoms with Gasteiger partial charge in [0.1, 0.15) is 5.82 Å². The highest BCUT2D eigenvalue weighted by atomic mass is 19.1. The van der Waals surface area contributed by atoms with E-state index in [4.69, 9.17) is 5.11 Å². The number of carboxylic acids is 1. The summed E-state index contributed by atoms with van der Waals surface area (Å²) in [4.78, 5) is 10.9. The maximum Gasteiger partial charge on any atom is 0.335 e. The van der Waals surface area contributed by atoms with Gasteiger partial charge in [0.2, 0.25) is 0 Å². The number of carbonyl (C=O) groups is 1. The standard InChI is InChI=1S/C16H16FNO2/c1-11(13-5-7-15(17)8-6-13)18-10-12-3-2-4-14(9-12)16(19)20/h2-9,11,18H,10H2,1H3,(H,19,20)/t11-/m0/s1. The molecule has 4 heteroatoms. The fraction of sp³-hybridized carbons (Fsp3) is 0.188. The molecule has 0 aliphatic carbocycles. The van der Waals surface area contributed by atoms with E-state index < -0.39 is 5.97 Å². The van der Waals surface area contributed by atoms with Crippen LogP contribution in [0.5, 0.6) is 0 Å². The van der Waals surface area contributed by atoms with E-state index in [0.29, 0.717) is 6.54 Å². The van der Waals surface area contributed by atoms with Crippen LogP contribution in [0, 0.1) is 5.82 Å². The van der Waals surface area contributed by atoms with E-state index in [1.807, 2.05) is 13.0 Å². The number of benzene rings is 2. The van der Waals surface area contributed by atoms with Gasteiger partial charge >= 0.3 is 5.97 Å². The van der Waals surface area contributed by atoms with Crippen LogP contribution in [0.1, 0.15) is 34.5 Å². The van der Waals surface area contributed by atoms with Crippen molar-refractivity contribution in [1.29, 1.82) is 0 Å². The molecular weight excluding hydrogens is 257 g/mol. The van der Waals surface area contributed by atoms with Crippen LogP contribution in [-0.2, 0) is 6.54 Å². The molecule has 0 unspecified atom stereocenters. The van der Waals surface area contributed by atoms with Gasteiger partial charge < -0.3 is 10.4 Å². The second-order valence-electron chi connectivity index (χ2n) is 4.66. The number of rotatable bonds is 5. The molecule has 20 heavy (non-hydrogen) atoms. The van der Waals surface area contributed by atoms with Crippen LogP contribution in [0.3, 0.4) is 0 Å². The zero-order valence-corrected chi connectivity index (χ0v) is 11.1. The highest BCUT2D eigenvalue weighted by molar-refractivity contribution is 5.87. The van der Waals surface area contributed by atoms with Crippen molar-refractivity contribution in [2.24, 2.45) is 0 Å². The summed E-state index contributed by atoms with van der Waals surface area (Å²) in [5, 5.41) is 12.2. The predicted octanol–water partition coefficient (Wildman–Crippen LogP) is 3.37. The lowest BCUT2D eigenvalue weighted by atomic mass is 10.1. The predicted molar refractivity (Wildman–Crippen MR) is 75.1 cm³/mol. The fourth-order valence-corrected chi connectivity index (χ4v) is 1.95. The van der Waals surface area contributed by atoms with Gasteiger partial charge in [-0.3, -0.25) is 0 Å². The summed E-state index contributed by atoms with van der Waals surface area (Å²) in [6.45, 7) is 2.54. The molecule has 0 aromatic heterocycles. The molecule has 0 fully saturated rings. The van der Waals surface area contributed by atoms with E-state index >= 15 is 0 Å². The Balaban J connectivity index is 1.99. The summed E-state index contributed by atoms with van der Waals surface area (Å²) in [7, 11) is 0. The van der Waals surface area contributed by atoms with Crippen LogP contribution in [0.2, 0.25) is 0 Å². The third kappa shape index (κ3) is 3.65. The van der Waals surface area contributed by atoms with Crippen molar-refractivity contribution in [3.8, 4) is 0 Å². The monoisotopic (exact) mass is 273 g/mol. The van der Waals surface area contributed by atoms with Gasteiger partial charge in [-0.2, -0.15) is 0 Å². The van der Waals surface area contributed by atoms with Crippen molar-refractivity contribution in [3.63, 3.8) is 0 Å². The molecule has 3 nitrogen and oxygen atoms in total. The van der Waals surface area contributed by atoms with Crippen molar-refractivity contribution in [3.05, 3.63) is 71.0 Å². The van der Waals surface area contributed by atoms with Crippen molar-refractivity contribution >= 4 is 5.97 Å². The Kier molecular flexibility index (Phi) is 4.48. The van der Waals surface area contributed by atoms with Crippen LogP contribution in [-0.4, -0.2) is 11.1 Å². The first-order valence-corrected chi connectivity index (χ1v) is 6.37. The number of carboxylic acid groups (broad SMARTS) is 1. The first-order chi connectivity index (χ1) is 9.56. The van der Waals surface area contributed by atoms with Gasteiger partial charge in [-0.15, -0.1) is 0 Å². The van der Waals surface area contributed by atoms with Crippen LogP contribution >= 0.6 is 0 Å². The molecule has 0 heterocycles. The van der Waals surface area contributed by atoms with Crippen molar-refractivity contribution < 1.29 is 14.3 Å². The van der Waals surface area contributed by atoms with Crippen molar-refractivity contribution in [1.82, 2.24) is 5.32 Å². The van der Waals surface area contributed by atoms with Crippen molar-refractivity contribution in [2.75, 3.05) is 0 Å². The van der Waals surface area contributed by atoms with Gasteiger partial charge in [-0.05, 0) is 42.3 Å². The minimum atomic E-state index is -0.932. The van der Waals surface area contributed by atoms with E-state index in [1.54, 1.807) is 30.3 Å². The zero-order chi connectivity index (χ0) is 14.5. The smallest absolute Gasteiger partial charge is 0.335 e. The normalized spacial score (nSPS) is 12.1. The first kappa shape index (κ1) is 14.2. The lowest BCUT2D eigenvalue weighted by Crippen LogP contribution is -2.18. The van der Waals surface area contributed by atoms with Crippen LogP contribution in [0.4, 0.5) is 4.39 Å². The van der Waals surface area contributed by atoms with E-state index in [9.17, 15) is 9.18 Å². The zero-order valence-electron chi connectivity index (χ0n) is 11.1. The second-order valence-corrected chi connectivity index (χ2v) is 4.66. The molecule has 2 aromatic carbocycles. The highest BCUT2D eigenvalue weighted by Gasteiger charge is 2.07. The molecule has 0 bridgehead atoms. The van der Waals surface area contributed by atoms with E-state index in [2.05, 4.69) is 5.32 Å². The number of aromatic carboxylic acids is 1. The Morgan fingerprint density at radius 2 is 1.95 bits per heavy atom. The van der Waals surface area contributed by atoms with Gasteiger partial charge in [0.15, 0.2) is 0 Å². The Morgan fingerprint density at radius 1 is 1.25 bits per heavy atom. The summed E-state index contributed by atoms with van der Waals surface area (Å²) in [5.41, 5.74) is 2.17. The minimum absolute atomic E-state index is 0.0593. The fourth-order valence-electron chi connectivity index (χ4n) is 1.95. The number of hydrogen-bond acceptors (Lipinski definition) is 2. The largest absolute Gasteiger partial charge is 0.478 e. The Bertz CT molecular complexity index is 596. The highest BCUT2D eigenvalue weighted by Crippen LogP contribution is 2.14. The number of hydrogen-bond donors (Lipinski definition) is 2. The van der Waals surface area contributed by atoms with Gasteiger partial charge in [-0.25, -0.2) is 9.18 Å². The average molecular weight is 273 g/mol. The molecule has 2 N–H and O–H groups in total. The Morgan fingerprint density at radius 3 is 2.60 bits per heavy atom. The van der Waals surface area contributed by atoms with Gasteiger partial charge in [-0.1, -0.05) is 24.3 Å². The average Bonchev–Trinajstić information content (AvgIpc) is 2.46.